The van der Waals surface area contributed by atoms with Crippen LogP contribution in [0.3, 0.4) is 0 Å². The summed E-state index contributed by atoms with van der Waals surface area (Å²) in [6.07, 6.45) is 1.62. The highest BCUT2D eigenvalue weighted by Crippen LogP contribution is 2.07. The van der Waals surface area contributed by atoms with Gasteiger partial charge in [0.1, 0.15) is 0 Å². The summed E-state index contributed by atoms with van der Waals surface area (Å²) in [6, 6.07) is 6.88. The minimum absolute atomic E-state index is 0.0910. The quantitative estimate of drug-likeness (QED) is 0.859. The van der Waals surface area contributed by atoms with Gasteiger partial charge < -0.3 is 10.1 Å². The van der Waals surface area contributed by atoms with Crippen molar-refractivity contribution in [1.82, 2.24) is 10.2 Å². The lowest BCUT2D eigenvalue weighted by Crippen LogP contribution is -2.41. The van der Waals surface area contributed by atoms with Crippen molar-refractivity contribution in [2.75, 3.05) is 45.6 Å². The van der Waals surface area contributed by atoms with Crippen molar-refractivity contribution < 1.29 is 13.7 Å². The number of hydrogen-bond acceptors (Lipinski definition) is 4. The molecule has 0 saturated carbocycles. The highest BCUT2D eigenvalue weighted by Gasteiger charge is 2.11. The van der Waals surface area contributed by atoms with Gasteiger partial charge in [-0.1, -0.05) is 0 Å². The van der Waals surface area contributed by atoms with Crippen LogP contribution in [-0.4, -0.2) is 60.7 Å². The molecule has 110 valence electrons. The van der Waals surface area contributed by atoms with Crippen LogP contribution < -0.4 is 5.32 Å². The first kappa shape index (κ1) is 15.2. The molecule has 6 heteroatoms. The third kappa shape index (κ3) is 4.40. The highest BCUT2D eigenvalue weighted by molar-refractivity contribution is 7.84. The van der Waals surface area contributed by atoms with E-state index >= 15 is 0 Å². The number of ether oxygens (including phenoxy) is 1. The Balaban J connectivity index is 1.77. The Morgan fingerprint density at radius 2 is 1.95 bits per heavy atom. The predicted octanol–water partition coefficient (Wildman–Crippen LogP) is 0.486. The van der Waals surface area contributed by atoms with E-state index in [0.29, 0.717) is 12.1 Å². The van der Waals surface area contributed by atoms with Gasteiger partial charge in [-0.25, -0.2) is 0 Å². The van der Waals surface area contributed by atoms with Crippen LogP contribution in [0.2, 0.25) is 0 Å². The van der Waals surface area contributed by atoms with Crippen molar-refractivity contribution in [3.63, 3.8) is 0 Å². The van der Waals surface area contributed by atoms with Crippen molar-refractivity contribution in [1.29, 1.82) is 0 Å². The van der Waals surface area contributed by atoms with Gasteiger partial charge in [-0.2, -0.15) is 0 Å². The second kappa shape index (κ2) is 7.52. The Bertz CT molecular complexity index is 470. The first-order valence-corrected chi connectivity index (χ1v) is 8.24. The maximum absolute atomic E-state index is 11.9. The zero-order chi connectivity index (χ0) is 14.4. The van der Waals surface area contributed by atoms with Crippen LogP contribution in [0, 0.1) is 0 Å². The summed E-state index contributed by atoms with van der Waals surface area (Å²) in [7, 11) is -1.01. The van der Waals surface area contributed by atoms with Crippen molar-refractivity contribution in [3.05, 3.63) is 29.8 Å². The third-order valence-electron chi connectivity index (χ3n) is 3.27. The molecular formula is C14H20N2O3S. The number of carbonyl (C=O) groups is 1. The lowest BCUT2D eigenvalue weighted by molar-refractivity contribution is 0.0383. The summed E-state index contributed by atoms with van der Waals surface area (Å²) in [5.74, 6) is -0.0910. The molecule has 1 heterocycles. The first-order chi connectivity index (χ1) is 9.66. The van der Waals surface area contributed by atoms with Crippen molar-refractivity contribution in [2.24, 2.45) is 0 Å². The molecule has 1 atom stereocenters. The molecule has 0 radical (unpaired) electrons. The summed E-state index contributed by atoms with van der Waals surface area (Å²) in [4.78, 5) is 14.9. The van der Waals surface area contributed by atoms with E-state index in [1.54, 1.807) is 30.5 Å². The average Bonchev–Trinajstić information content (AvgIpc) is 2.48. The monoisotopic (exact) mass is 296 g/mol. The van der Waals surface area contributed by atoms with Gasteiger partial charge in [0.05, 0.1) is 13.2 Å². The van der Waals surface area contributed by atoms with Crippen LogP contribution in [0.15, 0.2) is 29.2 Å². The maximum Gasteiger partial charge on any atom is 0.251 e. The molecule has 20 heavy (non-hydrogen) atoms. The number of rotatable bonds is 5. The standard InChI is InChI=1S/C14H20N2O3S/c1-20(18)13-4-2-12(3-5-13)14(17)15-6-7-16-8-10-19-11-9-16/h2-5H,6-11H2,1H3,(H,15,17). The van der Waals surface area contributed by atoms with Gasteiger partial charge in [0.2, 0.25) is 0 Å². The lowest BCUT2D eigenvalue weighted by atomic mass is 10.2. The van der Waals surface area contributed by atoms with Gasteiger partial charge in [-0.3, -0.25) is 13.9 Å². The summed E-state index contributed by atoms with van der Waals surface area (Å²) in [6.45, 7) is 4.85. The molecule has 1 amide bonds. The lowest BCUT2D eigenvalue weighted by Gasteiger charge is -2.26. The molecule has 1 saturated heterocycles. The Morgan fingerprint density at radius 1 is 1.30 bits per heavy atom. The van der Waals surface area contributed by atoms with Crippen LogP contribution >= 0.6 is 0 Å². The van der Waals surface area contributed by atoms with Gasteiger partial charge in [0.25, 0.3) is 5.91 Å². The molecule has 1 fully saturated rings. The van der Waals surface area contributed by atoms with E-state index in [1.807, 2.05) is 0 Å². The van der Waals surface area contributed by atoms with E-state index in [4.69, 9.17) is 4.74 Å². The van der Waals surface area contributed by atoms with Crippen LogP contribution in [0.4, 0.5) is 0 Å². The van der Waals surface area contributed by atoms with E-state index in [1.165, 1.54) is 0 Å². The van der Waals surface area contributed by atoms with Gasteiger partial charge in [-0.15, -0.1) is 0 Å². The van der Waals surface area contributed by atoms with Gasteiger partial charge >= 0.3 is 0 Å². The molecule has 5 nitrogen and oxygen atoms in total. The molecule has 0 bridgehead atoms. The van der Waals surface area contributed by atoms with Crippen LogP contribution in [0.25, 0.3) is 0 Å². The van der Waals surface area contributed by atoms with Gasteiger partial charge in [-0.05, 0) is 24.3 Å². The maximum atomic E-state index is 11.9. The SMILES string of the molecule is CS(=O)c1ccc(C(=O)NCCN2CCOCC2)cc1. The molecule has 0 aromatic heterocycles. The van der Waals surface area contributed by atoms with E-state index in [9.17, 15) is 9.00 Å². The number of carbonyl (C=O) groups excluding carboxylic acids is 1. The molecule has 2 rings (SSSR count). The number of amides is 1. The summed E-state index contributed by atoms with van der Waals surface area (Å²) in [5, 5.41) is 2.90. The molecular weight excluding hydrogens is 276 g/mol. The molecule has 0 spiro atoms. The fourth-order valence-electron chi connectivity index (χ4n) is 2.05. The molecule has 0 aliphatic carbocycles. The minimum Gasteiger partial charge on any atom is -0.379 e. The summed E-state index contributed by atoms with van der Waals surface area (Å²) >= 11 is 0. The zero-order valence-electron chi connectivity index (χ0n) is 11.6. The fraction of sp³-hybridized carbons (Fsp3) is 0.500. The predicted molar refractivity (Wildman–Crippen MR) is 78.4 cm³/mol. The van der Waals surface area contributed by atoms with Crippen LogP contribution in [0.5, 0.6) is 0 Å². The largest absolute Gasteiger partial charge is 0.379 e. The number of nitrogens with one attached hydrogen (secondary N) is 1. The first-order valence-electron chi connectivity index (χ1n) is 6.68. The molecule has 1 aromatic rings. The topological polar surface area (TPSA) is 58.6 Å². The Labute approximate surface area is 121 Å². The summed E-state index contributed by atoms with van der Waals surface area (Å²) < 4.78 is 16.5. The number of nitrogens with zero attached hydrogens (tertiary/aromatic N) is 1. The Hall–Kier alpha value is -1.24. The van der Waals surface area contributed by atoms with E-state index < -0.39 is 10.8 Å². The van der Waals surface area contributed by atoms with Crippen LogP contribution in [-0.2, 0) is 15.5 Å². The van der Waals surface area contributed by atoms with Gasteiger partial charge in [0, 0.05) is 53.7 Å². The molecule has 1 aliphatic heterocycles. The third-order valence-corrected chi connectivity index (χ3v) is 4.20. The Morgan fingerprint density at radius 3 is 2.55 bits per heavy atom. The molecule has 1 aliphatic rings. The van der Waals surface area contributed by atoms with E-state index in [0.717, 1.165) is 37.7 Å². The summed E-state index contributed by atoms with van der Waals surface area (Å²) in [5.41, 5.74) is 0.598. The van der Waals surface area contributed by atoms with Crippen molar-refractivity contribution in [2.45, 2.75) is 4.90 Å². The highest BCUT2D eigenvalue weighted by atomic mass is 32.2. The van der Waals surface area contributed by atoms with Crippen LogP contribution in [0.1, 0.15) is 10.4 Å². The Kier molecular flexibility index (Phi) is 5.70. The molecule has 1 aromatic carbocycles. The zero-order valence-corrected chi connectivity index (χ0v) is 12.4. The van der Waals surface area contributed by atoms with Gasteiger partial charge in [0.15, 0.2) is 0 Å². The molecule has 1 N–H and O–H groups in total. The second-order valence-electron chi connectivity index (χ2n) is 4.69. The number of benzene rings is 1. The molecule has 1 unspecified atom stereocenters. The average molecular weight is 296 g/mol. The van der Waals surface area contributed by atoms with E-state index in [2.05, 4.69) is 10.2 Å². The normalized spacial score (nSPS) is 17.6. The smallest absolute Gasteiger partial charge is 0.251 e. The fourth-order valence-corrected chi connectivity index (χ4v) is 2.57. The van der Waals surface area contributed by atoms with Crippen molar-refractivity contribution >= 4 is 16.7 Å². The number of hydrogen-bond donors (Lipinski definition) is 1. The second-order valence-corrected chi connectivity index (χ2v) is 6.07. The van der Waals surface area contributed by atoms with Crippen molar-refractivity contribution in [3.8, 4) is 0 Å². The van der Waals surface area contributed by atoms with E-state index in [-0.39, 0.29) is 5.91 Å². The number of morpholine rings is 1. The minimum atomic E-state index is -1.01.